The van der Waals surface area contributed by atoms with E-state index in [9.17, 15) is 4.79 Å². The Labute approximate surface area is 97.3 Å². The maximum atomic E-state index is 11.5. The lowest BCUT2D eigenvalue weighted by atomic mass is 10.1. The van der Waals surface area contributed by atoms with Crippen molar-refractivity contribution in [1.29, 1.82) is 0 Å². The lowest BCUT2D eigenvalue weighted by Crippen LogP contribution is -2.45. The molecule has 1 saturated heterocycles. The van der Waals surface area contributed by atoms with Crippen molar-refractivity contribution in [1.82, 2.24) is 10.2 Å². The number of amides is 1. The van der Waals surface area contributed by atoms with Crippen LogP contribution in [0.5, 0.6) is 0 Å². The highest BCUT2D eigenvalue weighted by Crippen LogP contribution is 2.28. The van der Waals surface area contributed by atoms with E-state index in [-0.39, 0.29) is 6.09 Å². The van der Waals surface area contributed by atoms with Gasteiger partial charge in [0.05, 0.1) is 6.61 Å². The van der Waals surface area contributed by atoms with Crippen molar-refractivity contribution >= 4 is 6.09 Å². The van der Waals surface area contributed by atoms with Crippen LogP contribution in [0, 0.1) is 5.92 Å². The van der Waals surface area contributed by atoms with E-state index in [0.717, 1.165) is 31.8 Å². The zero-order chi connectivity index (χ0) is 11.4. The first-order chi connectivity index (χ1) is 7.79. The minimum Gasteiger partial charge on any atom is -0.450 e. The molecule has 0 unspecified atom stereocenters. The molecule has 2 fully saturated rings. The maximum Gasteiger partial charge on any atom is 0.409 e. The van der Waals surface area contributed by atoms with Gasteiger partial charge < -0.3 is 15.0 Å². The van der Waals surface area contributed by atoms with Gasteiger partial charge in [-0.05, 0) is 45.1 Å². The van der Waals surface area contributed by atoms with E-state index in [1.807, 2.05) is 11.8 Å². The van der Waals surface area contributed by atoms with Gasteiger partial charge in [-0.25, -0.2) is 4.79 Å². The minimum atomic E-state index is -0.150. The molecule has 1 saturated carbocycles. The second kappa shape index (κ2) is 5.53. The summed E-state index contributed by atoms with van der Waals surface area (Å²) in [6.45, 7) is 5.16. The van der Waals surface area contributed by atoms with Gasteiger partial charge >= 0.3 is 6.09 Å². The molecule has 1 N–H and O–H groups in total. The quantitative estimate of drug-likeness (QED) is 0.791. The molecule has 0 radical (unpaired) electrons. The molecule has 1 aliphatic carbocycles. The maximum absolute atomic E-state index is 11.5. The monoisotopic (exact) mass is 226 g/mol. The summed E-state index contributed by atoms with van der Waals surface area (Å²) < 4.78 is 4.99. The predicted octanol–water partition coefficient (Wildman–Crippen LogP) is 1.61. The molecule has 2 aliphatic rings. The fourth-order valence-corrected chi connectivity index (χ4v) is 2.14. The van der Waals surface area contributed by atoms with Crippen molar-refractivity contribution in [2.24, 2.45) is 5.92 Å². The van der Waals surface area contributed by atoms with Gasteiger partial charge in [0, 0.05) is 19.1 Å². The third kappa shape index (κ3) is 3.37. The van der Waals surface area contributed by atoms with Crippen LogP contribution in [-0.4, -0.2) is 43.3 Å². The van der Waals surface area contributed by atoms with Gasteiger partial charge in [0.15, 0.2) is 0 Å². The van der Waals surface area contributed by atoms with Crippen LogP contribution in [0.1, 0.15) is 32.6 Å². The van der Waals surface area contributed by atoms with Crippen LogP contribution in [0.4, 0.5) is 4.79 Å². The van der Waals surface area contributed by atoms with Crippen molar-refractivity contribution in [2.75, 3.05) is 26.2 Å². The van der Waals surface area contributed by atoms with Crippen molar-refractivity contribution in [3.63, 3.8) is 0 Å². The Bertz CT molecular complexity index is 233. The van der Waals surface area contributed by atoms with E-state index in [0.29, 0.717) is 12.6 Å². The lowest BCUT2D eigenvalue weighted by Gasteiger charge is -2.31. The van der Waals surface area contributed by atoms with Crippen LogP contribution in [0.3, 0.4) is 0 Å². The first-order valence-corrected chi connectivity index (χ1v) is 6.44. The Balaban J connectivity index is 1.63. The average Bonchev–Trinajstić information content (AvgIpc) is 3.11. The number of nitrogens with zero attached hydrogens (tertiary/aromatic N) is 1. The van der Waals surface area contributed by atoms with Gasteiger partial charge in [-0.1, -0.05) is 0 Å². The highest BCUT2D eigenvalue weighted by Gasteiger charge is 2.26. The molecule has 1 heterocycles. The topological polar surface area (TPSA) is 41.6 Å². The van der Waals surface area contributed by atoms with Gasteiger partial charge in [0.2, 0.25) is 0 Å². The highest BCUT2D eigenvalue weighted by molar-refractivity contribution is 5.67. The summed E-state index contributed by atoms with van der Waals surface area (Å²) in [4.78, 5) is 13.3. The van der Waals surface area contributed by atoms with Crippen molar-refractivity contribution in [3.8, 4) is 0 Å². The number of likely N-dealkylation sites (tertiary alicyclic amines) is 1. The van der Waals surface area contributed by atoms with E-state index in [1.165, 1.54) is 19.4 Å². The largest absolute Gasteiger partial charge is 0.450 e. The van der Waals surface area contributed by atoms with Crippen LogP contribution in [0.15, 0.2) is 0 Å². The summed E-state index contributed by atoms with van der Waals surface area (Å²) in [5, 5.41) is 3.60. The van der Waals surface area contributed by atoms with Crippen LogP contribution in [0.25, 0.3) is 0 Å². The number of piperidine rings is 1. The molecular formula is C12H22N2O2. The van der Waals surface area contributed by atoms with Crippen LogP contribution < -0.4 is 5.32 Å². The number of hydrogen-bond donors (Lipinski definition) is 1. The smallest absolute Gasteiger partial charge is 0.409 e. The van der Waals surface area contributed by atoms with E-state index in [4.69, 9.17) is 4.74 Å². The SMILES string of the molecule is CCOC(=O)N1CCC(NCC2CC2)CC1. The van der Waals surface area contributed by atoms with Crippen LogP contribution in [0.2, 0.25) is 0 Å². The zero-order valence-corrected chi connectivity index (χ0v) is 10.1. The van der Waals surface area contributed by atoms with E-state index in [2.05, 4.69) is 5.32 Å². The third-order valence-electron chi connectivity index (χ3n) is 3.41. The average molecular weight is 226 g/mol. The first-order valence-electron chi connectivity index (χ1n) is 6.44. The third-order valence-corrected chi connectivity index (χ3v) is 3.41. The molecule has 1 aliphatic heterocycles. The Hall–Kier alpha value is -0.770. The summed E-state index contributed by atoms with van der Waals surface area (Å²) >= 11 is 0. The Morgan fingerprint density at radius 2 is 2.00 bits per heavy atom. The molecule has 0 bridgehead atoms. The molecule has 4 nitrogen and oxygen atoms in total. The second-order valence-electron chi connectivity index (χ2n) is 4.81. The summed E-state index contributed by atoms with van der Waals surface area (Å²) in [6.07, 6.45) is 4.77. The fourth-order valence-electron chi connectivity index (χ4n) is 2.14. The number of carbonyl (C=O) groups is 1. The number of carbonyl (C=O) groups excluding carboxylic acids is 1. The summed E-state index contributed by atoms with van der Waals surface area (Å²) in [5.41, 5.74) is 0. The van der Waals surface area contributed by atoms with Crippen LogP contribution in [-0.2, 0) is 4.74 Å². The van der Waals surface area contributed by atoms with Crippen molar-refractivity contribution < 1.29 is 9.53 Å². The summed E-state index contributed by atoms with van der Waals surface area (Å²) in [7, 11) is 0. The van der Waals surface area contributed by atoms with E-state index in [1.54, 1.807) is 0 Å². The fraction of sp³-hybridized carbons (Fsp3) is 0.917. The van der Waals surface area contributed by atoms with Gasteiger partial charge in [-0.3, -0.25) is 0 Å². The summed E-state index contributed by atoms with van der Waals surface area (Å²) in [6, 6.07) is 0.603. The number of rotatable bonds is 4. The molecule has 92 valence electrons. The normalized spacial score (nSPS) is 22.2. The molecule has 16 heavy (non-hydrogen) atoms. The highest BCUT2D eigenvalue weighted by atomic mass is 16.6. The van der Waals surface area contributed by atoms with Gasteiger partial charge in [0.25, 0.3) is 0 Å². The lowest BCUT2D eigenvalue weighted by molar-refractivity contribution is 0.0950. The second-order valence-corrected chi connectivity index (χ2v) is 4.81. The molecule has 1 amide bonds. The Morgan fingerprint density at radius 1 is 1.31 bits per heavy atom. The minimum absolute atomic E-state index is 0.150. The standard InChI is InChI=1S/C12H22N2O2/c1-2-16-12(15)14-7-5-11(6-8-14)13-9-10-3-4-10/h10-11,13H,2-9H2,1H3. The van der Waals surface area contributed by atoms with Gasteiger partial charge in [-0.15, -0.1) is 0 Å². The predicted molar refractivity (Wildman–Crippen MR) is 62.3 cm³/mol. The molecule has 0 aromatic rings. The van der Waals surface area contributed by atoms with E-state index >= 15 is 0 Å². The molecule has 2 rings (SSSR count). The van der Waals surface area contributed by atoms with Crippen LogP contribution >= 0.6 is 0 Å². The molecule has 0 aromatic carbocycles. The van der Waals surface area contributed by atoms with Gasteiger partial charge in [-0.2, -0.15) is 0 Å². The Morgan fingerprint density at radius 3 is 2.56 bits per heavy atom. The molecular weight excluding hydrogens is 204 g/mol. The molecule has 0 atom stereocenters. The number of hydrogen-bond acceptors (Lipinski definition) is 3. The molecule has 4 heteroatoms. The number of ether oxygens (including phenoxy) is 1. The Kier molecular flexibility index (Phi) is 4.04. The summed E-state index contributed by atoms with van der Waals surface area (Å²) in [5.74, 6) is 0.933. The zero-order valence-electron chi connectivity index (χ0n) is 10.1. The molecule has 0 spiro atoms. The number of nitrogens with one attached hydrogen (secondary N) is 1. The van der Waals surface area contributed by atoms with Crippen molar-refractivity contribution in [3.05, 3.63) is 0 Å². The van der Waals surface area contributed by atoms with Crippen molar-refractivity contribution in [2.45, 2.75) is 38.6 Å². The van der Waals surface area contributed by atoms with Gasteiger partial charge in [0.1, 0.15) is 0 Å². The first kappa shape index (κ1) is 11.7. The van der Waals surface area contributed by atoms with E-state index < -0.39 is 0 Å². The molecule has 0 aromatic heterocycles.